The molecule has 0 bridgehead atoms. The van der Waals surface area contributed by atoms with Gasteiger partial charge in [0, 0.05) is 18.3 Å². The highest BCUT2D eigenvalue weighted by Gasteiger charge is 2.11. The van der Waals surface area contributed by atoms with E-state index in [1.54, 1.807) is 17.4 Å². The van der Waals surface area contributed by atoms with Crippen LogP contribution in [-0.2, 0) is 6.54 Å². The predicted octanol–water partition coefficient (Wildman–Crippen LogP) is 4.97. The summed E-state index contributed by atoms with van der Waals surface area (Å²) in [5, 5.41) is 4.89. The summed E-state index contributed by atoms with van der Waals surface area (Å²) in [6, 6.07) is 7.50. The minimum absolute atomic E-state index is 0.0940. The van der Waals surface area contributed by atoms with Crippen molar-refractivity contribution < 1.29 is 4.79 Å². The average Bonchev–Trinajstić information content (AvgIpc) is 2.75. The van der Waals surface area contributed by atoms with Crippen LogP contribution in [0.15, 0.2) is 43.1 Å². The first-order valence-electron chi connectivity index (χ1n) is 5.03. The summed E-state index contributed by atoms with van der Waals surface area (Å²) in [5.41, 5.74) is 0.622. The molecule has 0 radical (unpaired) electrons. The van der Waals surface area contributed by atoms with Gasteiger partial charge in [-0.05, 0) is 61.5 Å². The number of hydrogen-bond acceptors (Lipinski definition) is 2. The highest BCUT2D eigenvalue weighted by molar-refractivity contribution is 9.11. The van der Waals surface area contributed by atoms with E-state index in [0.717, 1.165) is 18.3 Å². The van der Waals surface area contributed by atoms with Crippen molar-refractivity contribution in [1.82, 2.24) is 5.32 Å². The summed E-state index contributed by atoms with van der Waals surface area (Å²) >= 11 is 11.8. The molecule has 2 rings (SSSR count). The number of carbonyl (C=O) groups excluding carboxylic acids is 1. The molecule has 1 amide bonds. The second-order valence-corrected chi connectivity index (χ2v) is 7.12. The maximum atomic E-state index is 12.1. The van der Waals surface area contributed by atoms with Gasteiger partial charge in [0.25, 0.3) is 5.91 Å². The maximum Gasteiger partial charge on any atom is 0.252 e. The third-order valence-electron chi connectivity index (χ3n) is 2.27. The molecule has 0 unspecified atom stereocenters. The van der Waals surface area contributed by atoms with Gasteiger partial charge in [-0.2, -0.15) is 0 Å². The highest BCUT2D eigenvalue weighted by Crippen LogP contribution is 2.24. The SMILES string of the molecule is O=C(NCc1sccc1Br)c1cc(Br)ccc1Br. The van der Waals surface area contributed by atoms with Crippen LogP contribution in [0.25, 0.3) is 0 Å². The van der Waals surface area contributed by atoms with E-state index in [0.29, 0.717) is 12.1 Å². The Hall–Kier alpha value is -0.170. The average molecular weight is 454 g/mol. The van der Waals surface area contributed by atoms with Crippen LogP contribution in [-0.4, -0.2) is 5.91 Å². The van der Waals surface area contributed by atoms with E-state index in [4.69, 9.17) is 0 Å². The van der Waals surface area contributed by atoms with Gasteiger partial charge in [0.15, 0.2) is 0 Å². The summed E-state index contributed by atoms with van der Waals surface area (Å²) in [6.45, 7) is 0.524. The molecule has 0 saturated carbocycles. The third kappa shape index (κ3) is 3.44. The fourth-order valence-corrected chi connectivity index (χ4v) is 3.60. The van der Waals surface area contributed by atoms with E-state index in [9.17, 15) is 4.79 Å². The van der Waals surface area contributed by atoms with Crippen LogP contribution in [0.4, 0.5) is 0 Å². The van der Waals surface area contributed by atoms with E-state index in [2.05, 4.69) is 53.1 Å². The van der Waals surface area contributed by atoms with Crippen LogP contribution < -0.4 is 5.32 Å². The molecule has 1 heterocycles. The minimum atomic E-state index is -0.0940. The summed E-state index contributed by atoms with van der Waals surface area (Å²) in [7, 11) is 0. The lowest BCUT2D eigenvalue weighted by molar-refractivity contribution is 0.0950. The number of halogens is 3. The smallest absolute Gasteiger partial charge is 0.252 e. The number of benzene rings is 1. The molecule has 0 aliphatic heterocycles. The van der Waals surface area contributed by atoms with E-state index in [-0.39, 0.29) is 5.91 Å². The summed E-state index contributed by atoms with van der Waals surface area (Å²) < 4.78 is 2.70. The Bertz CT molecular complexity index is 582. The number of carbonyl (C=O) groups is 1. The van der Waals surface area contributed by atoms with Crippen molar-refractivity contribution in [3.8, 4) is 0 Å². The molecule has 1 N–H and O–H groups in total. The zero-order valence-corrected chi connectivity index (χ0v) is 14.6. The van der Waals surface area contributed by atoms with Crippen molar-refractivity contribution in [1.29, 1.82) is 0 Å². The molecular weight excluding hydrogens is 446 g/mol. The van der Waals surface area contributed by atoms with Crippen LogP contribution in [0.5, 0.6) is 0 Å². The Morgan fingerprint density at radius 3 is 2.61 bits per heavy atom. The summed E-state index contributed by atoms with van der Waals surface area (Å²) in [6.07, 6.45) is 0. The first-order chi connectivity index (χ1) is 8.58. The van der Waals surface area contributed by atoms with Gasteiger partial charge in [0.05, 0.1) is 12.1 Å². The molecule has 0 aliphatic carbocycles. The fourth-order valence-electron chi connectivity index (χ4n) is 1.38. The Balaban J connectivity index is 2.08. The van der Waals surface area contributed by atoms with Gasteiger partial charge in [-0.3, -0.25) is 4.79 Å². The summed E-state index contributed by atoms with van der Waals surface area (Å²) in [4.78, 5) is 13.2. The Morgan fingerprint density at radius 2 is 1.94 bits per heavy atom. The number of thiophene rings is 1. The molecule has 1 aromatic carbocycles. The lowest BCUT2D eigenvalue weighted by atomic mass is 10.2. The second kappa shape index (κ2) is 6.32. The quantitative estimate of drug-likeness (QED) is 0.698. The topological polar surface area (TPSA) is 29.1 Å². The molecule has 1 aromatic heterocycles. The van der Waals surface area contributed by atoms with E-state index in [1.165, 1.54) is 0 Å². The lowest BCUT2D eigenvalue weighted by Crippen LogP contribution is -2.22. The molecule has 0 fully saturated rings. The van der Waals surface area contributed by atoms with Crippen molar-refractivity contribution in [2.24, 2.45) is 0 Å². The predicted molar refractivity (Wildman–Crippen MR) is 85.0 cm³/mol. The Kier molecular flexibility index (Phi) is 5.00. The van der Waals surface area contributed by atoms with Crippen molar-refractivity contribution >= 4 is 65.0 Å². The number of amides is 1. The van der Waals surface area contributed by atoms with Gasteiger partial charge in [-0.25, -0.2) is 0 Å². The van der Waals surface area contributed by atoms with Crippen LogP contribution in [0.2, 0.25) is 0 Å². The van der Waals surface area contributed by atoms with Crippen molar-refractivity contribution in [2.75, 3.05) is 0 Å². The number of rotatable bonds is 3. The van der Waals surface area contributed by atoms with Gasteiger partial charge in [-0.15, -0.1) is 11.3 Å². The Labute approximate surface area is 134 Å². The first-order valence-corrected chi connectivity index (χ1v) is 8.29. The van der Waals surface area contributed by atoms with Crippen LogP contribution in [0, 0.1) is 0 Å². The molecule has 2 aromatic rings. The minimum Gasteiger partial charge on any atom is -0.347 e. The largest absolute Gasteiger partial charge is 0.347 e. The summed E-state index contributed by atoms with van der Waals surface area (Å²) in [5.74, 6) is -0.0940. The van der Waals surface area contributed by atoms with E-state index >= 15 is 0 Å². The molecule has 0 aliphatic rings. The van der Waals surface area contributed by atoms with Crippen LogP contribution >= 0.6 is 59.1 Å². The third-order valence-corrected chi connectivity index (χ3v) is 5.38. The molecule has 94 valence electrons. The number of hydrogen-bond donors (Lipinski definition) is 1. The molecule has 0 spiro atoms. The molecular formula is C12H8Br3NOS. The van der Waals surface area contributed by atoms with E-state index in [1.807, 2.05) is 23.6 Å². The first kappa shape index (κ1) is 14.2. The fraction of sp³-hybridized carbons (Fsp3) is 0.0833. The molecule has 0 saturated heterocycles. The van der Waals surface area contributed by atoms with Crippen molar-refractivity contribution in [3.63, 3.8) is 0 Å². The molecule has 18 heavy (non-hydrogen) atoms. The Morgan fingerprint density at radius 1 is 1.17 bits per heavy atom. The van der Waals surface area contributed by atoms with Gasteiger partial charge in [-0.1, -0.05) is 15.9 Å². The highest BCUT2D eigenvalue weighted by atomic mass is 79.9. The zero-order valence-electron chi connectivity index (χ0n) is 9.04. The molecule has 2 nitrogen and oxygen atoms in total. The van der Waals surface area contributed by atoms with Crippen LogP contribution in [0.3, 0.4) is 0 Å². The standard InChI is InChI=1S/C12H8Br3NOS/c13-7-1-2-9(14)8(5-7)12(17)16-6-11-10(15)3-4-18-11/h1-5H,6H2,(H,16,17). The van der Waals surface area contributed by atoms with Crippen molar-refractivity contribution in [3.05, 3.63) is 53.5 Å². The monoisotopic (exact) mass is 451 g/mol. The van der Waals surface area contributed by atoms with Gasteiger partial charge < -0.3 is 5.32 Å². The molecule has 0 atom stereocenters. The van der Waals surface area contributed by atoms with E-state index < -0.39 is 0 Å². The maximum absolute atomic E-state index is 12.1. The van der Waals surface area contributed by atoms with Gasteiger partial charge >= 0.3 is 0 Å². The second-order valence-electron chi connectivity index (χ2n) is 3.50. The lowest BCUT2D eigenvalue weighted by Gasteiger charge is -2.06. The van der Waals surface area contributed by atoms with Crippen molar-refractivity contribution in [2.45, 2.75) is 6.54 Å². The van der Waals surface area contributed by atoms with Gasteiger partial charge in [0.1, 0.15) is 0 Å². The molecule has 6 heteroatoms. The zero-order chi connectivity index (χ0) is 13.1. The number of nitrogens with one attached hydrogen (secondary N) is 1. The van der Waals surface area contributed by atoms with Crippen LogP contribution in [0.1, 0.15) is 15.2 Å². The normalized spacial score (nSPS) is 10.4. The van der Waals surface area contributed by atoms with Gasteiger partial charge in [0.2, 0.25) is 0 Å².